The van der Waals surface area contributed by atoms with Crippen LogP contribution in [0.25, 0.3) is 0 Å². The van der Waals surface area contributed by atoms with Crippen molar-refractivity contribution in [3.8, 4) is 0 Å². The third-order valence-corrected chi connectivity index (χ3v) is 1.62. The number of ether oxygens (including phenoxy) is 2. The average Bonchev–Trinajstić information content (AvgIpc) is 2.39. The summed E-state index contributed by atoms with van der Waals surface area (Å²) in [5.74, 6) is -2.30. The topological polar surface area (TPSA) is 89.9 Å². The average molecular weight is 354 g/mol. The molecule has 0 fully saturated rings. The van der Waals surface area contributed by atoms with Crippen molar-refractivity contribution in [2.75, 3.05) is 13.2 Å². The lowest BCUT2D eigenvalue weighted by atomic mass is 10.3. The molecule has 0 heterocycles. The molecule has 0 rings (SSSR count). The Labute approximate surface area is 125 Å². The number of alkyl halides is 6. The zero-order chi connectivity index (χ0) is 18.7. The molecular weight excluding hydrogens is 342 g/mol. The summed E-state index contributed by atoms with van der Waals surface area (Å²) in [6.07, 6.45) is -11.6. The first-order valence-electron chi connectivity index (χ1n) is 5.61. The van der Waals surface area contributed by atoms with Gasteiger partial charge in [0.2, 0.25) is 0 Å². The highest BCUT2D eigenvalue weighted by Gasteiger charge is 2.58. The first-order valence-corrected chi connectivity index (χ1v) is 5.61. The van der Waals surface area contributed by atoms with Gasteiger partial charge in [-0.15, -0.1) is 0 Å². The van der Waals surface area contributed by atoms with Crippen LogP contribution in [-0.4, -0.2) is 48.6 Å². The van der Waals surface area contributed by atoms with Crippen molar-refractivity contribution in [1.82, 2.24) is 0 Å². The zero-order valence-electron chi connectivity index (χ0n) is 11.4. The fraction of sp³-hybridized carbons (Fsp3) is 0.545. The van der Waals surface area contributed by atoms with Gasteiger partial charge in [-0.1, -0.05) is 6.58 Å². The first-order chi connectivity index (χ1) is 10.3. The zero-order valence-corrected chi connectivity index (χ0v) is 11.4. The third kappa shape index (κ3) is 14.4. The van der Waals surface area contributed by atoms with E-state index in [0.29, 0.717) is 0 Å². The van der Waals surface area contributed by atoms with Gasteiger partial charge in [0.1, 0.15) is 13.2 Å². The molecule has 12 heteroatoms. The van der Waals surface area contributed by atoms with Gasteiger partial charge in [-0.05, 0) is 0 Å². The SMILES string of the molecule is C=CC(=O)OCCOC(=O)CCC(=O)O.FC(F)(F)C(F)(F)F. The normalized spacial score (nSPS) is 10.9. The Kier molecular flexibility index (Phi) is 10.5. The van der Waals surface area contributed by atoms with Crippen LogP contribution < -0.4 is 0 Å². The molecule has 6 nitrogen and oxygen atoms in total. The van der Waals surface area contributed by atoms with E-state index in [1.165, 1.54) is 0 Å². The number of carbonyl (C=O) groups is 3. The van der Waals surface area contributed by atoms with Gasteiger partial charge >= 0.3 is 30.3 Å². The standard InChI is InChI=1S/C9H12O6.C2F6/c1-2-8(12)14-5-6-15-9(13)4-3-7(10)11;3-1(4,5)2(6,7)8/h2H,1,3-6H2,(H,10,11);. The van der Waals surface area contributed by atoms with E-state index in [1.807, 2.05) is 0 Å². The lowest BCUT2D eigenvalue weighted by Gasteiger charge is -2.08. The molecule has 0 saturated carbocycles. The van der Waals surface area contributed by atoms with E-state index in [1.54, 1.807) is 0 Å². The summed E-state index contributed by atoms with van der Waals surface area (Å²) in [6.45, 7) is 3.02. The number of hydrogen-bond donors (Lipinski definition) is 1. The van der Waals surface area contributed by atoms with Crippen molar-refractivity contribution in [2.45, 2.75) is 25.2 Å². The summed E-state index contributed by atoms with van der Waals surface area (Å²) in [7, 11) is 0. The van der Waals surface area contributed by atoms with E-state index in [2.05, 4.69) is 16.1 Å². The summed E-state index contributed by atoms with van der Waals surface area (Å²) in [4.78, 5) is 31.4. The molecule has 0 bridgehead atoms. The van der Waals surface area contributed by atoms with Gasteiger partial charge < -0.3 is 14.6 Å². The van der Waals surface area contributed by atoms with E-state index < -0.39 is 30.3 Å². The van der Waals surface area contributed by atoms with Crippen LogP contribution in [0.3, 0.4) is 0 Å². The van der Waals surface area contributed by atoms with Crippen LogP contribution in [0.15, 0.2) is 12.7 Å². The molecule has 0 aromatic rings. The van der Waals surface area contributed by atoms with Crippen molar-refractivity contribution in [3.63, 3.8) is 0 Å². The largest absolute Gasteiger partial charge is 0.487 e. The molecular formula is C11H12F6O6. The lowest BCUT2D eigenvalue weighted by Crippen LogP contribution is -2.30. The minimum atomic E-state index is -6.06. The van der Waals surface area contributed by atoms with Gasteiger partial charge in [0.25, 0.3) is 0 Å². The van der Waals surface area contributed by atoms with Crippen LogP contribution in [0.4, 0.5) is 26.3 Å². The predicted molar refractivity (Wildman–Crippen MR) is 61.1 cm³/mol. The van der Waals surface area contributed by atoms with Crippen LogP contribution in [-0.2, 0) is 23.9 Å². The van der Waals surface area contributed by atoms with E-state index in [4.69, 9.17) is 5.11 Å². The molecule has 0 spiro atoms. The van der Waals surface area contributed by atoms with E-state index in [9.17, 15) is 40.7 Å². The van der Waals surface area contributed by atoms with Gasteiger partial charge in [0.15, 0.2) is 0 Å². The van der Waals surface area contributed by atoms with Crippen LogP contribution in [0.2, 0.25) is 0 Å². The van der Waals surface area contributed by atoms with Gasteiger partial charge in [-0.3, -0.25) is 9.59 Å². The van der Waals surface area contributed by atoms with E-state index in [-0.39, 0.29) is 26.1 Å². The fourth-order valence-electron chi connectivity index (χ4n) is 0.638. The van der Waals surface area contributed by atoms with Crippen molar-refractivity contribution in [2.24, 2.45) is 0 Å². The second kappa shape index (κ2) is 10.5. The monoisotopic (exact) mass is 354 g/mol. The van der Waals surface area contributed by atoms with Crippen molar-refractivity contribution in [1.29, 1.82) is 0 Å². The Hall–Kier alpha value is -2.27. The Morgan fingerprint density at radius 2 is 1.35 bits per heavy atom. The summed E-state index contributed by atoms with van der Waals surface area (Å²) in [5.41, 5.74) is 0. The molecule has 23 heavy (non-hydrogen) atoms. The van der Waals surface area contributed by atoms with Crippen LogP contribution in [0.1, 0.15) is 12.8 Å². The number of halogens is 6. The number of rotatable bonds is 7. The Morgan fingerprint density at radius 3 is 1.70 bits per heavy atom. The highest BCUT2D eigenvalue weighted by molar-refractivity contribution is 5.81. The van der Waals surface area contributed by atoms with Gasteiger partial charge in [0, 0.05) is 6.08 Å². The number of esters is 2. The maximum Gasteiger partial charge on any atom is 0.487 e. The number of carboxylic acid groups (broad SMARTS) is 1. The van der Waals surface area contributed by atoms with Crippen molar-refractivity contribution < 1.29 is 55.3 Å². The first kappa shape index (κ1) is 23.0. The number of aliphatic carboxylic acids is 1. The van der Waals surface area contributed by atoms with Gasteiger partial charge in [0.05, 0.1) is 12.8 Å². The smallest absolute Gasteiger partial charge is 0.481 e. The number of hydrogen-bond acceptors (Lipinski definition) is 5. The molecule has 0 aliphatic rings. The van der Waals surface area contributed by atoms with E-state index in [0.717, 1.165) is 6.08 Å². The molecule has 0 aliphatic heterocycles. The highest BCUT2D eigenvalue weighted by Crippen LogP contribution is 2.35. The molecule has 134 valence electrons. The summed E-state index contributed by atoms with van der Waals surface area (Å²) < 4.78 is 71.7. The summed E-state index contributed by atoms with van der Waals surface area (Å²) in [5, 5.41) is 8.25. The van der Waals surface area contributed by atoms with E-state index >= 15 is 0 Å². The third-order valence-electron chi connectivity index (χ3n) is 1.62. The highest BCUT2D eigenvalue weighted by atomic mass is 19.5. The number of carbonyl (C=O) groups excluding carboxylic acids is 2. The molecule has 0 saturated heterocycles. The van der Waals surface area contributed by atoms with Crippen LogP contribution in [0.5, 0.6) is 0 Å². The molecule has 0 radical (unpaired) electrons. The van der Waals surface area contributed by atoms with Gasteiger partial charge in [-0.2, -0.15) is 26.3 Å². The Bertz CT molecular complexity index is 402. The molecule has 0 amide bonds. The lowest BCUT2D eigenvalue weighted by molar-refractivity contribution is -0.339. The van der Waals surface area contributed by atoms with Crippen molar-refractivity contribution >= 4 is 17.9 Å². The van der Waals surface area contributed by atoms with Crippen LogP contribution in [0, 0.1) is 0 Å². The number of carboxylic acids is 1. The Morgan fingerprint density at radius 1 is 0.913 bits per heavy atom. The van der Waals surface area contributed by atoms with Crippen molar-refractivity contribution in [3.05, 3.63) is 12.7 Å². The minimum absolute atomic E-state index is 0.0658. The molecule has 0 aliphatic carbocycles. The molecule has 0 atom stereocenters. The maximum absolute atomic E-state index is 10.8. The predicted octanol–water partition coefficient (Wildman–Crippen LogP) is 2.23. The summed E-state index contributed by atoms with van der Waals surface area (Å²) in [6, 6.07) is 0. The molecule has 0 unspecified atom stereocenters. The quantitative estimate of drug-likeness (QED) is 0.326. The van der Waals surface area contributed by atoms with Crippen LogP contribution >= 0.6 is 0 Å². The minimum Gasteiger partial charge on any atom is -0.481 e. The second-order valence-electron chi connectivity index (χ2n) is 3.48. The molecule has 1 N–H and O–H groups in total. The fourth-order valence-corrected chi connectivity index (χ4v) is 0.638. The summed E-state index contributed by atoms with van der Waals surface area (Å²) >= 11 is 0. The Balaban J connectivity index is 0. The second-order valence-corrected chi connectivity index (χ2v) is 3.48. The maximum atomic E-state index is 10.8. The molecule has 0 aromatic carbocycles. The van der Waals surface area contributed by atoms with Gasteiger partial charge in [-0.25, -0.2) is 4.79 Å². The molecule has 0 aromatic heterocycles.